The van der Waals surface area contributed by atoms with Crippen molar-refractivity contribution in [3.63, 3.8) is 0 Å². The molecule has 1 saturated carbocycles. The van der Waals surface area contributed by atoms with E-state index in [9.17, 15) is 4.39 Å². The smallest absolute Gasteiger partial charge is 0.123 e. The predicted molar refractivity (Wildman–Crippen MR) is 69.3 cm³/mol. The maximum atomic E-state index is 13.1. The molecule has 1 aliphatic rings. The second-order valence-corrected chi connectivity index (χ2v) is 6.33. The van der Waals surface area contributed by atoms with Crippen molar-refractivity contribution >= 4 is 0 Å². The summed E-state index contributed by atoms with van der Waals surface area (Å²) < 4.78 is 13.1. The lowest BCUT2D eigenvalue weighted by atomic mass is 9.68. The molecule has 0 amide bonds. The Hall–Kier alpha value is -0.890. The highest BCUT2D eigenvalue weighted by Crippen LogP contribution is 2.40. The fraction of sp³-hybridized carbons (Fsp3) is 0.600. The average Bonchev–Trinajstić information content (AvgIpc) is 2.24. The summed E-state index contributed by atoms with van der Waals surface area (Å²) in [4.78, 5) is 0. The Balaban J connectivity index is 2.04. The summed E-state index contributed by atoms with van der Waals surface area (Å²) in [5, 5.41) is 0. The molecule has 0 bridgehead atoms. The molecule has 1 aromatic carbocycles. The first-order valence-electron chi connectivity index (χ1n) is 6.42. The fourth-order valence-corrected chi connectivity index (χ4v) is 2.65. The molecule has 1 aliphatic carbocycles. The molecule has 0 aromatic heterocycles. The summed E-state index contributed by atoms with van der Waals surface area (Å²) in [6, 6.07) is 6.82. The molecule has 94 valence electrons. The summed E-state index contributed by atoms with van der Waals surface area (Å²) in [7, 11) is 0. The Morgan fingerprint density at radius 2 is 1.82 bits per heavy atom. The van der Waals surface area contributed by atoms with Gasteiger partial charge in [0.25, 0.3) is 0 Å². The van der Waals surface area contributed by atoms with E-state index < -0.39 is 0 Å². The lowest BCUT2D eigenvalue weighted by Gasteiger charge is -2.41. The van der Waals surface area contributed by atoms with Crippen molar-refractivity contribution in [2.75, 3.05) is 0 Å². The fourth-order valence-electron chi connectivity index (χ4n) is 2.65. The van der Waals surface area contributed by atoms with Crippen molar-refractivity contribution < 1.29 is 4.39 Å². The Labute approximate surface area is 103 Å². The van der Waals surface area contributed by atoms with Crippen molar-refractivity contribution in [1.29, 1.82) is 0 Å². The molecular weight excluding hydrogens is 213 g/mol. The first kappa shape index (κ1) is 12.6. The number of halogens is 1. The Morgan fingerprint density at radius 3 is 2.41 bits per heavy atom. The minimum atomic E-state index is -0.165. The van der Waals surface area contributed by atoms with Crippen LogP contribution in [-0.4, -0.2) is 5.54 Å². The van der Waals surface area contributed by atoms with E-state index in [1.54, 1.807) is 12.1 Å². The number of hydrogen-bond acceptors (Lipinski definition) is 1. The van der Waals surface area contributed by atoms with Gasteiger partial charge in [0.05, 0.1) is 0 Å². The van der Waals surface area contributed by atoms with Crippen LogP contribution >= 0.6 is 0 Å². The molecule has 0 atom stereocenters. The number of benzene rings is 1. The van der Waals surface area contributed by atoms with Crippen LogP contribution in [0.3, 0.4) is 0 Å². The Bertz CT molecular complexity index is 388. The molecule has 1 nitrogen and oxygen atoms in total. The second kappa shape index (κ2) is 4.41. The summed E-state index contributed by atoms with van der Waals surface area (Å²) in [5.74, 6) is -0.165. The van der Waals surface area contributed by atoms with Gasteiger partial charge in [0.2, 0.25) is 0 Å². The second-order valence-electron chi connectivity index (χ2n) is 6.33. The SMILES string of the molecule is CC1(C)CCC(N)(Cc2cccc(F)c2)CC1. The molecule has 17 heavy (non-hydrogen) atoms. The molecule has 0 heterocycles. The van der Waals surface area contributed by atoms with Crippen LogP contribution < -0.4 is 5.73 Å². The molecule has 2 rings (SSSR count). The highest BCUT2D eigenvalue weighted by atomic mass is 19.1. The number of nitrogens with two attached hydrogens (primary N) is 1. The zero-order valence-electron chi connectivity index (χ0n) is 10.8. The van der Waals surface area contributed by atoms with Crippen LogP contribution in [0.15, 0.2) is 24.3 Å². The third-order valence-electron chi connectivity index (χ3n) is 4.04. The van der Waals surface area contributed by atoms with Gasteiger partial charge in [-0.2, -0.15) is 0 Å². The lowest BCUT2D eigenvalue weighted by molar-refractivity contribution is 0.164. The van der Waals surface area contributed by atoms with Crippen molar-refractivity contribution in [1.82, 2.24) is 0 Å². The van der Waals surface area contributed by atoms with Gasteiger partial charge in [-0.05, 0) is 55.2 Å². The van der Waals surface area contributed by atoms with Crippen molar-refractivity contribution in [2.45, 2.75) is 51.5 Å². The van der Waals surface area contributed by atoms with Crippen molar-refractivity contribution in [2.24, 2.45) is 11.1 Å². The largest absolute Gasteiger partial charge is 0.325 e. The molecule has 0 spiro atoms. The highest BCUT2D eigenvalue weighted by molar-refractivity contribution is 5.19. The highest BCUT2D eigenvalue weighted by Gasteiger charge is 2.35. The van der Waals surface area contributed by atoms with E-state index in [1.807, 2.05) is 6.07 Å². The molecular formula is C15H22FN. The van der Waals surface area contributed by atoms with Crippen LogP contribution in [0.1, 0.15) is 45.1 Å². The van der Waals surface area contributed by atoms with Crippen LogP contribution in [0.5, 0.6) is 0 Å². The average molecular weight is 235 g/mol. The first-order valence-corrected chi connectivity index (χ1v) is 6.42. The zero-order valence-corrected chi connectivity index (χ0v) is 10.8. The normalized spacial score (nSPS) is 22.4. The predicted octanol–water partition coefficient (Wildman–Crippen LogP) is 3.67. The molecule has 0 saturated heterocycles. The quantitative estimate of drug-likeness (QED) is 0.831. The van der Waals surface area contributed by atoms with Gasteiger partial charge in [-0.15, -0.1) is 0 Å². The van der Waals surface area contributed by atoms with E-state index in [1.165, 1.54) is 18.9 Å². The molecule has 1 fully saturated rings. The molecule has 0 unspecified atom stereocenters. The lowest BCUT2D eigenvalue weighted by Crippen LogP contribution is -2.46. The first-order chi connectivity index (χ1) is 7.89. The summed E-state index contributed by atoms with van der Waals surface area (Å²) in [6.07, 6.45) is 5.20. The maximum Gasteiger partial charge on any atom is 0.123 e. The molecule has 0 aliphatic heterocycles. The number of hydrogen-bond donors (Lipinski definition) is 1. The monoisotopic (exact) mass is 235 g/mol. The Kier molecular flexibility index (Phi) is 3.26. The van der Waals surface area contributed by atoms with Gasteiger partial charge in [-0.3, -0.25) is 0 Å². The summed E-state index contributed by atoms with van der Waals surface area (Å²) in [5.41, 5.74) is 7.75. The van der Waals surface area contributed by atoms with E-state index in [4.69, 9.17) is 5.73 Å². The molecule has 2 N–H and O–H groups in total. The molecule has 2 heteroatoms. The van der Waals surface area contributed by atoms with Crippen LogP contribution in [0.25, 0.3) is 0 Å². The van der Waals surface area contributed by atoms with E-state index in [0.29, 0.717) is 5.41 Å². The summed E-state index contributed by atoms with van der Waals surface area (Å²) in [6.45, 7) is 4.60. The van der Waals surface area contributed by atoms with Crippen molar-refractivity contribution in [3.05, 3.63) is 35.6 Å². The van der Waals surface area contributed by atoms with E-state index in [0.717, 1.165) is 24.8 Å². The molecule has 1 aromatic rings. The minimum absolute atomic E-state index is 0.136. The van der Waals surface area contributed by atoms with Gasteiger partial charge in [0.1, 0.15) is 5.82 Å². The van der Waals surface area contributed by atoms with E-state index in [-0.39, 0.29) is 11.4 Å². The third-order valence-corrected chi connectivity index (χ3v) is 4.04. The topological polar surface area (TPSA) is 26.0 Å². The van der Waals surface area contributed by atoms with Crippen LogP contribution in [-0.2, 0) is 6.42 Å². The van der Waals surface area contributed by atoms with Crippen LogP contribution in [0.2, 0.25) is 0 Å². The van der Waals surface area contributed by atoms with Gasteiger partial charge in [-0.1, -0.05) is 26.0 Å². The van der Waals surface area contributed by atoms with Crippen LogP contribution in [0, 0.1) is 11.2 Å². The van der Waals surface area contributed by atoms with Gasteiger partial charge in [0, 0.05) is 5.54 Å². The van der Waals surface area contributed by atoms with Gasteiger partial charge in [0.15, 0.2) is 0 Å². The zero-order chi connectivity index (χ0) is 12.5. The van der Waals surface area contributed by atoms with E-state index >= 15 is 0 Å². The standard InChI is InChI=1S/C15H22FN/c1-14(2)6-8-15(17,9-7-14)11-12-4-3-5-13(16)10-12/h3-5,10H,6-9,11,17H2,1-2H3. The van der Waals surface area contributed by atoms with Gasteiger partial charge >= 0.3 is 0 Å². The minimum Gasteiger partial charge on any atom is -0.325 e. The number of rotatable bonds is 2. The Morgan fingerprint density at radius 1 is 1.18 bits per heavy atom. The van der Waals surface area contributed by atoms with Gasteiger partial charge < -0.3 is 5.73 Å². The third kappa shape index (κ3) is 3.29. The van der Waals surface area contributed by atoms with Gasteiger partial charge in [-0.25, -0.2) is 4.39 Å². The van der Waals surface area contributed by atoms with E-state index in [2.05, 4.69) is 13.8 Å². The van der Waals surface area contributed by atoms with Crippen LogP contribution in [0.4, 0.5) is 4.39 Å². The maximum absolute atomic E-state index is 13.1. The molecule has 0 radical (unpaired) electrons. The van der Waals surface area contributed by atoms with Crippen molar-refractivity contribution in [3.8, 4) is 0 Å². The summed E-state index contributed by atoms with van der Waals surface area (Å²) >= 11 is 0.